The largest absolute Gasteiger partial charge is 0.463 e. The lowest BCUT2D eigenvalue weighted by molar-refractivity contribution is 0.322. The Morgan fingerprint density at radius 2 is 2.35 bits per heavy atom. The summed E-state index contributed by atoms with van der Waals surface area (Å²) in [6.45, 7) is 2.56. The van der Waals surface area contributed by atoms with Crippen molar-refractivity contribution in [2.24, 2.45) is 9.98 Å². The van der Waals surface area contributed by atoms with Crippen molar-refractivity contribution in [3.63, 3.8) is 0 Å². The van der Waals surface area contributed by atoms with Crippen molar-refractivity contribution in [3.05, 3.63) is 23.8 Å². The molecule has 2 rings (SSSR count). The first-order valence-corrected chi connectivity index (χ1v) is 6.31. The molecule has 1 heterocycles. The van der Waals surface area contributed by atoms with Crippen LogP contribution in [-0.2, 0) is 4.74 Å². The van der Waals surface area contributed by atoms with Gasteiger partial charge in [-0.2, -0.15) is 5.26 Å². The van der Waals surface area contributed by atoms with Crippen LogP contribution in [0, 0.1) is 11.3 Å². The fourth-order valence-corrected chi connectivity index (χ4v) is 1.66. The lowest BCUT2D eigenvalue weighted by Crippen LogP contribution is -2.11. The third kappa shape index (κ3) is 3.48. The second-order valence-corrected chi connectivity index (χ2v) is 4.77. The maximum atomic E-state index is 9.18. The molecule has 20 heavy (non-hydrogen) atoms. The number of hydrogen-bond acceptors (Lipinski definition) is 5. The first-order valence-electron chi connectivity index (χ1n) is 6.31. The molecule has 6 nitrogen and oxygen atoms in total. The average Bonchev–Trinajstić information content (AvgIpc) is 2.82. The van der Waals surface area contributed by atoms with Crippen molar-refractivity contribution in [1.82, 2.24) is 4.90 Å². The highest BCUT2D eigenvalue weighted by atomic mass is 16.5. The van der Waals surface area contributed by atoms with E-state index >= 15 is 0 Å². The summed E-state index contributed by atoms with van der Waals surface area (Å²) in [5.41, 5.74) is 1.90. The predicted octanol–water partition coefficient (Wildman–Crippen LogP) is 1.97. The number of benzene rings is 1. The Kier molecular flexibility index (Phi) is 4.20. The number of hydrogen-bond donors (Lipinski definition) is 1. The van der Waals surface area contributed by atoms with Crippen LogP contribution in [0.4, 0.5) is 11.4 Å². The second-order valence-electron chi connectivity index (χ2n) is 4.77. The molecule has 1 aromatic carbocycles. The quantitative estimate of drug-likeness (QED) is 0.673. The number of ether oxygens (including phenoxy) is 1. The van der Waals surface area contributed by atoms with Crippen molar-refractivity contribution in [2.75, 3.05) is 26.0 Å². The van der Waals surface area contributed by atoms with Crippen molar-refractivity contribution >= 4 is 23.7 Å². The summed E-state index contributed by atoms with van der Waals surface area (Å²) in [4.78, 5) is 10.4. The number of aliphatic imine (C=N–C) groups is 2. The summed E-state index contributed by atoms with van der Waals surface area (Å²) in [5.74, 6) is 0. The van der Waals surface area contributed by atoms with E-state index in [9.17, 15) is 5.26 Å². The minimum Gasteiger partial charge on any atom is -0.463 e. The van der Waals surface area contributed by atoms with Crippen LogP contribution in [0.15, 0.2) is 28.2 Å². The van der Waals surface area contributed by atoms with Gasteiger partial charge in [-0.05, 0) is 25.1 Å². The van der Waals surface area contributed by atoms with Crippen molar-refractivity contribution in [2.45, 2.75) is 13.0 Å². The van der Waals surface area contributed by atoms with Gasteiger partial charge in [0.1, 0.15) is 12.7 Å². The lowest BCUT2D eigenvalue weighted by atomic mass is 10.2. The molecule has 0 saturated heterocycles. The molecular formula is C14H17N5O. The third-order valence-electron chi connectivity index (χ3n) is 2.59. The van der Waals surface area contributed by atoms with Crippen LogP contribution in [0.5, 0.6) is 0 Å². The normalized spacial score (nSPS) is 17.5. The summed E-state index contributed by atoms with van der Waals surface area (Å²) < 4.78 is 5.37. The van der Waals surface area contributed by atoms with E-state index in [-0.39, 0.29) is 6.04 Å². The molecule has 0 bridgehead atoms. The molecule has 0 fully saturated rings. The standard InChI is InChI=1S/C14H17N5O/c1-10-8-20-14(17-10)18-12-4-5-13(11(6-12)7-15)16-9-19(2)3/h4-6,9-10H,8H2,1-3H3,(H,17,18)/t10-/m1/s1. The van der Waals surface area contributed by atoms with Gasteiger partial charge >= 0.3 is 0 Å². The maximum Gasteiger partial charge on any atom is 0.289 e. The van der Waals surface area contributed by atoms with E-state index in [4.69, 9.17) is 4.74 Å². The van der Waals surface area contributed by atoms with Gasteiger partial charge in [0.2, 0.25) is 0 Å². The van der Waals surface area contributed by atoms with Crippen LogP contribution in [0.25, 0.3) is 0 Å². The number of anilines is 1. The van der Waals surface area contributed by atoms with Crippen molar-refractivity contribution in [1.29, 1.82) is 5.26 Å². The number of nitriles is 1. The Hall–Kier alpha value is -2.55. The molecule has 1 aliphatic rings. The van der Waals surface area contributed by atoms with Gasteiger partial charge in [0.25, 0.3) is 6.02 Å². The van der Waals surface area contributed by atoms with Crippen LogP contribution in [0.1, 0.15) is 12.5 Å². The Balaban J connectivity index is 2.17. The highest BCUT2D eigenvalue weighted by Crippen LogP contribution is 2.23. The van der Waals surface area contributed by atoms with Gasteiger partial charge in [-0.3, -0.25) is 0 Å². The zero-order chi connectivity index (χ0) is 14.5. The molecule has 6 heteroatoms. The minimum absolute atomic E-state index is 0.164. The number of rotatable bonds is 3. The van der Waals surface area contributed by atoms with Gasteiger partial charge in [-0.25, -0.2) is 9.98 Å². The highest BCUT2D eigenvalue weighted by Gasteiger charge is 2.14. The minimum atomic E-state index is 0.164. The lowest BCUT2D eigenvalue weighted by Gasteiger charge is -2.07. The van der Waals surface area contributed by atoms with Crippen LogP contribution in [0.2, 0.25) is 0 Å². The first-order chi connectivity index (χ1) is 9.58. The number of nitrogens with zero attached hydrogens (tertiary/aromatic N) is 4. The monoisotopic (exact) mass is 271 g/mol. The smallest absolute Gasteiger partial charge is 0.289 e. The van der Waals surface area contributed by atoms with Crippen LogP contribution in [0.3, 0.4) is 0 Å². The SMILES string of the molecule is C[C@@H]1COC(Nc2ccc(N=CN(C)C)c(C#N)c2)=N1. The maximum absolute atomic E-state index is 9.18. The van der Waals surface area contributed by atoms with Crippen LogP contribution in [-0.4, -0.2) is 44.0 Å². The molecule has 0 radical (unpaired) electrons. The van der Waals surface area contributed by atoms with Crippen molar-refractivity contribution < 1.29 is 4.74 Å². The fraction of sp³-hybridized carbons (Fsp3) is 0.357. The zero-order valence-electron chi connectivity index (χ0n) is 11.8. The molecule has 0 unspecified atom stereocenters. The second kappa shape index (κ2) is 6.06. The molecule has 1 N–H and O–H groups in total. The molecule has 104 valence electrons. The molecule has 0 amide bonds. The number of nitrogens with one attached hydrogen (secondary N) is 1. The summed E-state index contributed by atoms with van der Waals surface area (Å²) in [5, 5.41) is 12.2. The van der Waals surface area contributed by atoms with E-state index in [1.165, 1.54) is 0 Å². The summed E-state index contributed by atoms with van der Waals surface area (Å²) in [6, 6.07) is 8.17. The van der Waals surface area contributed by atoms with E-state index in [0.717, 1.165) is 5.69 Å². The number of amidine groups is 1. The molecule has 1 atom stereocenters. The first kappa shape index (κ1) is 13.9. The summed E-state index contributed by atoms with van der Waals surface area (Å²) >= 11 is 0. The molecule has 0 aliphatic carbocycles. The van der Waals surface area contributed by atoms with E-state index in [2.05, 4.69) is 21.4 Å². The molecule has 0 saturated carbocycles. The van der Waals surface area contributed by atoms with Gasteiger partial charge in [0.05, 0.1) is 23.6 Å². The zero-order valence-corrected chi connectivity index (χ0v) is 11.8. The van der Waals surface area contributed by atoms with Crippen molar-refractivity contribution in [3.8, 4) is 6.07 Å². The molecule has 1 aliphatic heterocycles. The van der Waals surface area contributed by atoms with Gasteiger partial charge in [-0.15, -0.1) is 0 Å². The molecule has 0 aromatic heterocycles. The Labute approximate surface area is 118 Å². The average molecular weight is 271 g/mol. The van der Waals surface area contributed by atoms with Gasteiger partial charge in [-0.1, -0.05) is 0 Å². The van der Waals surface area contributed by atoms with Gasteiger partial charge in [0.15, 0.2) is 0 Å². The Morgan fingerprint density at radius 3 is 2.95 bits per heavy atom. The predicted molar refractivity (Wildman–Crippen MR) is 79.5 cm³/mol. The van der Waals surface area contributed by atoms with Crippen LogP contribution >= 0.6 is 0 Å². The molecule has 1 aromatic rings. The van der Waals surface area contributed by atoms with Gasteiger partial charge in [0, 0.05) is 19.8 Å². The fourth-order valence-electron chi connectivity index (χ4n) is 1.66. The molecular weight excluding hydrogens is 254 g/mol. The van der Waals surface area contributed by atoms with Crippen LogP contribution < -0.4 is 5.32 Å². The Morgan fingerprint density at radius 1 is 1.55 bits per heavy atom. The summed E-state index contributed by atoms with van der Waals surface area (Å²) in [6.07, 6.45) is 1.66. The van der Waals surface area contributed by atoms with E-state index in [0.29, 0.717) is 23.9 Å². The van der Waals surface area contributed by atoms with E-state index in [1.807, 2.05) is 32.0 Å². The summed E-state index contributed by atoms with van der Waals surface area (Å²) in [7, 11) is 3.75. The highest BCUT2D eigenvalue weighted by molar-refractivity contribution is 5.90. The van der Waals surface area contributed by atoms with E-state index < -0.39 is 0 Å². The third-order valence-corrected chi connectivity index (χ3v) is 2.59. The molecule has 0 spiro atoms. The van der Waals surface area contributed by atoms with Gasteiger partial charge < -0.3 is 15.0 Å². The Bertz CT molecular complexity index is 586. The van der Waals surface area contributed by atoms with E-state index in [1.54, 1.807) is 18.5 Å². The topological polar surface area (TPSA) is 73.0 Å².